The van der Waals surface area contributed by atoms with Crippen LogP contribution in [-0.4, -0.2) is 17.1 Å². The maximum Gasteiger partial charge on any atom is 0.247 e. The lowest BCUT2D eigenvalue weighted by molar-refractivity contribution is 0.416. The quantitative estimate of drug-likeness (QED) is 0.532. The molecule has 1 N–H and O–H groups in total. The fraction of sp³-hybridized carbons (Fsp3) is 0.0556. The van der Waals surface area contributed by atoms with Crippen molar-refractivity contribution in [3.63, 3.8) is 0 Å². The van der Waals surface area contributed by atoms with Crippen LogP contribution in [0.3, 0.4) is 0 Å². The molecule has 5 heteroatoms. The van der Waals surface area contributed by atoms with Crippen molar-refractivity contribution in [2.24, 2.45) is 10.2 Å². The summed E-state index contributed by atoms with van der Waals surface area (Å²) in [7, 11) is 1.63. The number of hydrogen-bond acceptors (Lipinski definition) is 4. The van der Waals surface area contributed by atoms with Crippen molar-refractivity contribution in [2.75, 3.05) is 7.11 Å². The minimum atomic E-state index is 0.473. The van der Waals surface area contributed by atoms with Gasteiger partial charge in [0.2, 0.25) is 5.95 Å². The first-order chi connectivity index (χ1) is 11.3. The summed E-state index contributed by atoms with van der Waals surface area (Å²) < 4.78 is 5.42. The van der Waals surface area contributed by atoms with Gasteiger partial charge in [-0.3, -0.25) is 0 Å². The van der Waals surface area contributed by atoms with E-state index in [0.29, 0.717) is 17.4 Å². The van der Waals surface area contributed by atoms with Crippen LogP contribution in [0.1, 0.15) is 0 Å². The molecule has 0 bridgehead atoms. The lowest BCUT2D eigenvalue weighted by Crippen LogP contribution is -1.84. The Morgan fingerprint density at radius 3 is 2.61 bits per heavy atom. The van der Waals surface area contributed by atoms with Gasteiger partial charge in [-0.25, -0.2) is 4.98 Å². The molecule has 0 saturated heterocycles. The number of aromatic nitrogens is 2. The van der Waals surface area contributed by atoms with Crippen molar-refractivity contribution >= 4 is 33.4 Å². The Labute approximate surface area is 132 Å². The zero-order valence-corrected chi connectivity index (χ0v) is 12.5. The largest absolute Gasteiger partial charge is 0.494 e. The van der Waals surface area contributed by atoms with Gasteiger partial charge in [0, 0.05) is 5.39 Å². The summed E-state index contributed by atoms with van der Waals surface area (Å²) in [5.41, 5.74) is 2.50. The number of H-pyrrole nitrogens is 1. The molecule has 0 amide bonds. The summed E-state index contributed by atoms with van der Waals surface area (Å²) in [6, 6.07) is 19.7. The van der Waals surface area contributed by atoms with E-state index in [1.807, 2.05) is 60.7 Å². The SMILES string of the molecule is COc1ccc2ccccc2c1N=Nc1nc2ccccc2[nH]1. The van der Waals surface area contributed by atoms with Crippen molar-refractivity contribution in [1.29, 1.82) is 0 Å². The highest BCUT2D eigenvalue weighted by Gasteiger charge is 2.08. The Hall–Kier alpha value is -3.21. The van der Waals surface area contributed by atoms with Gasteiger partial charge in [-0.2, -0.15) is 0 Å². The Balaban J connectivity index is 1.82. The van der Waals surface area contributed by atoms with Gasteiger partial charge in [0.15, 0.2) is 0 Å². The van der Waals surface area contributed by atoms with Crippen molar-refractivity contribution in [2.45, 2.75) is 0 Å². The van der Waals surface area contributed by atoms with Gasteiger partial charge in [0.05, 0.1) is 18.1 Å². The molecule has 0 radical (unpaired) electrons. The standard InChI is InChI=1S/C18H14N4O/c1-23-16-11-10-12-6-2-3-7-13(12)17(16)21-22-18-19-14-8-4-5-9-15(14)20-18/h2-11H,1H3,(H,19,20). The Morgan fingerprint density at radius 2 is 1.74 bits per heavy atom. The van der Waals surface area contributed by atoms with Crippen LogP contribution in [0.25, 0.3) is 21.8 Å². The number of benzene rings is 3. The summed E-state index contributed by atoms with van der Waals surface area (Å²) >= 11 is 0. The molecule has 3 aromatic carbocycles. The van der Waals surface area contributed by atoms with Gasteiger partial charge in [-0.1, -0.05) is 42.5 Å². The smallest absolute Gasteiger partial charge is 0.247 e. The summed E-state index contributed by atoms with van der Waals surface area (Å²) in [6.07, 6.45) is 0. The molecule has 4 rings (SSSR count). The second-order valence-electron chi connectivity index (χ2n) is 5.12. The van der Waals surface area contributed by atoms with E-state index in [4.69, 9.17) is 4.74 Å². The van der Waals surface area contributed by atoms with E-state index in [1.54, 1.807) is 7.11 Å². The Bertz CT molecular complexity index is 987. The second kappa shape index (κ2) is 5.53. The predicted molar refractivity (Wildman–Crippen MR) is 90.8 cm³/mol. The van der Waals surface area contributed by atoms with E-state index in [9.17, 15) is 0 Å². The molecule has 0 saturated carbocycles. The maximum absolute atomic E-state index is 5.42. The molecule has 0 atom stereocenters. The number of aromatic amines is 1. The molecular formula is C18H14N4O. The molecule has 1 heterocycles. The molecule has 0 aliphatic rings. The third-order valence-corrected chi connectivity index (χ3v) is 3.71. The number of rotatable bonds is 3. The van der Waals surface area contributed by atoms with Crippen LogP contribution in [0.2, 0.25) is 0 Å². The number of para-hydroxylation sites is 2. The van der Waals surface area contributed by atoms with Crippen LogP contribution in [0, 0.1) is 0 Å². The van der Waals surface area contributed by atoms with Crippen LogP contribution in [0.4, 0.5) is 11.6 Å². The van der Waals surface area contributed by atoms with Crippen molar-refractivity contribution in [3.8, 4) is 5.75 Å². The Kier molecular flexibility index (Phi) is 3.24. The number of azo groups is 1. The first-order valence-corrected chi connectivity index (χ1v) is 7.27. The molecule has 23 heavy (non-hydrogen) atoms. The molecule has 5 nitrogen and oxygen atoms in total. The lowest BCUT2D eigenvalue weighted by atomic mass is 10.1. The van der Waals surface area contributed by atoms with E-state index >= 15 is 0 Å². The van der Waals surface area contributed by atoms with E-state index < -0.39 is 0 Å². The minimum Gasteiger partial charge on any atom is -0.494 e. The number of imidazole rings is 1. The summed E-state index contributed by atoms with van der Waals surface area (Å²) in [4.78, 5) is 7.55. The van der Waals surface area contributed by atoms with Gasteiger partial charge in [-0.15, -0.1) is 10.2 Å². The molecule has 1 aromatic heterocycles. The number of methoxy groups -OCH3 is 1. The highest BCUT2D eigenvalue weighted by molar-refractivity contribution is 5.95. The normalized spacial score (nSPS) is 11.5. The van der Waals surface area contributed by atoms with E-state index in [0.717, 1.165) is 21.8 Å². The first kappa shape index (κ1) is 13.5. The summed E-state index contributed by atoms with van der Waals surface area (Å²) in [5, 5.41) is 10.7. The van der Waals surface area contributed by atoms with Crippen LogP contribution in [0.15, 0.2) is 70.9 Å². The topological polar surface area (TPSA) is 62.6 Å². The zero-order valence-electron chi connectivity index (χ0n) is 12.5. The highest BCUT2D eigenvalue weighted by Crippen LogP contribution is 2.36. The first-order valence-electron chi connectivity index (χ1n) is 7.27. The molecule has 112 valence electrons. The molecule has 0 aliphatic heterocycles. The van der Waals surface area contributed by atoms with Gasteiger partial charge >= 0.3 is 0 Å². The van der Waals surface area contributed by atoms with Gasteiger partial charge in [0.1, 0.15) is 11.4 Å². The second-order valence-corrected chi connectivity index (χ2v) is 5.12. The molecule has 0 spiro atoms. The van der Waals surface area contributed by atoms with Crippen molar-refractivity contribution in [1.82, 2.24) is 9.97 Å². The van der Waals surface area contributed by atoms with Crippen molar-refractivity contribution < 1.29 is 4.74 Å². The van der Waals surface area contributed by atoms with Gasteiger partial charge in [0.25, 0.3) is 0 Å². The van der Waals surface area contributed by atoms with E-state index in [1.165, 1.54) is 0 Å². The molecular weight excluding hydrogens is 288 g/mol. The number of nitrogens with one attached hydrogen (secondary N) is 1. The van der Waals surface area contributed by atoms with Crippen LogP contribution >= 0.6 is 0 Å². The van der Waals surface area contributed by atoms with Crippen LogP contribution in [-0.2, 0) is 0 Å². The monoisotopic (exact) mass is 302 g/mol. The van der Waals surface area contributed by atoms with E-state index in [2.05, 4.69) is 20.2 Å². The lowest BCUT2D eigenvalue weighted by Gasteiger charge is -2.06. The third kappa shape index (κ3) is 2.42. The van der Waals surface area contributed by atoms with E-state index in [-0.39, 0.29) is 0 Å². The molecule has 0 aliphatic carbocycles. The van der Waals surface area contributed by atoms with Crippen LogP contribution < -0.4 is 4.74 Å². The average Bonchev–Trinajstić information content (AvgIpc) is 3.02. The fourth-order valence-corrected chi connectivity index (χ4v) is 2.59. The summed E-state index contributed by atoms with van der Waals surface area (Å²) in [5.74, 6) is 1.16. The number of ether oxygens (including phenoxy) is 1. The highest BCUT2D eigenvalue weighted by atomic mass is 16.5. The number of fused-ring (bicyclic) bond motifs is 2. The average molecular weight is 302 g/mol. The number of nitrogens with zero attached hydrogens (tertiary/aromatic N) is 3. The van der Waals surface area contributed by atoms with Crippen LogP contribution in [0.5, 0.6) is 5.75 Å². The third-order valence-electron chi connectivity index (χ3n) is 3.71. The number of hydrogen-bond donors (Lipinski definition) is 1. The zero-order chi connectivity index (χ0) is 15.6. The molecule has 0 unspecified atom stereocenters. The molecule has 0 fully saturated rings. The molecule has 4 aromatic rings. The minimum absolute atomic E-state index is 0.473. The van der Waals surface area contributed by atoms with Gasteiger partial charge in [-0.05, 0) is 23.6 Å². The maximum atomic E-state index is 5.42. The van der Waals surface area contributed by atoms with Gasteiger partial charge < -0.3 is 9.72 Å². The predicted octanol–water partition coefficient (Wildman–Crippen LogP) is 5.14. The fourth-order valence-electron chi connectivity index (χ4n) is 2.59. The van der Waals surface area contributed by atoms with Crippen molar-refractivity contribution in [3.05, 3.63) is 60.7 Å². The summed E-state index contributed by atoms with van der Waals surface area (Å²) in [6.45, 7) is 0. The Morgan fingerprint density at radius 1 is 0.913 bits per heavy atom.